The highest BCUT2D eigenvalue weighted by Gasteiger charge is 2.35. The van der Waals surface area contributed by atoms with E-state index in [0.29, 0.717) is 5.92 Å². The van der Waals surface area contributed by atoms with Gasteiger partial charge in [-0.2, -0.15) is 0 Å². The van der Waals surface area contributed by atoms with Crippen molar-refractivity contribution in [3.05, 3.63) is 222 Å². The van der Waals surface area contributed by atoms with Crippen LogP contribution >= 0.6 is 0 Å². The van der Waals surface area contributed by atoms with Gasteiger partial charge in [0.05, 0.1) is 11.0 Å². The van der Waals surface area contributed by atoms with E-state index >= 15 is 0 Å². The number of benzene rings is 8. The van der Waals surface area contributed by atoms with Gasteiger partial charge < -0.3 is 4.57 Å². The van der Waals surface area contributed by atoms with Crippen molar-refractivity contribution in [3.63, 3.8) is 0 Å². The van der Waals surface area contributed by atoms with Crippen LogP contribution in [0.5, 0.6) is 0 Å². The molecule has 0 N–H and O–H groups in total. The molecule has 55 heavy (non-hydrogen) atoms. The van der Waals surface area contributed by atoms with Crippen molar-refractivity contribution in [1.82, 2.24) is 4.57 Å². The first-order chi connectivity index (χ1) is 27.0. The Labute approximate surface area is 324 Å². The van der Waals surface area contributed by atoms with E-state index in [9.17, 15) is 0 Å². The van der Waals surface area contributed by atoms with Gasteiger partial charge in [0.25, 0.3) is 0 Å². The van der Waals surface area contributed by atoms with Gasteiger partial charge in [-0.25, -0.2) is 0 Å². The second-order valence-corrected chi connectivity index (χ2v) is 15.7. The smallest absolute Gasteiger partial charge is 0.0541 e. The maximum Gasteiger partial charge on any atom is 0.0541 e. The first-order valence-corrected chi connectivity index (χ1v) is 19.6. The standard InChI is InChI=1S/C54H43N/c1-54(2)50-25-11-9-23-46(50)47-31-28-43(36-51(47)54)45(38-16-5-3-6-17-38)30-27-37-15-13-18-39(33-37)40-19-14-20-41(34-40)42-29-32-53-49(35-42)48-24-10-12-26-52(48)55(53)44-21-7-4-8-22-44/h3-26,28-29,31-36,45H,27,30H2,1-2H3. The van der Waals surface area contributed by atoms with Gasteiger partial charge in [0, 0.05) is 27.8 Å². The van der Waals surface area contributed by atoms with Crippen LogP contribution < -0.4 is 0 Å². The highest BCUT2D eigenvalue weighted by molar-refractivity contribution is 6.10. The summed E-state index contributed by atoms with van der Waals surface area (Å²) in [6.07, 6.45) is 2.03. The maximum absolute atomic E-state index is 2.51. The van der Waals surface area contributed by atoms with Crippen LogP contribution in [0.2, 0.25) is 0 Å². The molecule has 0 bridgehead atoms. The molecule has 1 atom stereocenters. The summed E-state index contributed by atoms with van der Waals surface area (Å²) in [5.41, 5.74) is 18.3. The van der Waals surface area contributed by atoms with Gasteiger partial charge in [-0.3, -0.25) is 0 Å². The molecule has 0 saturated heterocycles. The molecule has 0 radical (unpaired) electrons. The highest BCUT2D eigenvalue weighted by Crippen LogP contribution is 2.49. The second kappa shape index (κ2) is 13.4. The number of aryl methyl sites for hydroxylation is 1. The van der Waals surface area contributed by atoms with Crippen LogP contribution in [0, 0.1) is 0 Å². The Morgan fingerprint density at radius 2 is 1.07 bits per heavy atom. The molecule has 8 aromatic carbocycles. The summed E-state index contributed by atoms with van der Waals surface area (Å²) in [7, 11) is 0. The van der Waals surface area contributed by atoms with Crippen molar-refractivity contribution in [3.8, 4) is 39.1 Å². The van der Waals surface area contributed by atoms with E-state index in [1.807, 2.05) is 0 Å². The van der Waals surface area contributed by atoms with Gasteiger partial charge >= 0.3 is 0 Å². The molecule has 1 heterocycles. The second-order valence-electron chi connectivity index (χ2n) is 15.7. The van der Waals surface area contributed by atoms with Crippen molar-refractivity contribution in [1.29, 1.82) is 0 Å². The first kappa shape index (κ1) is 33.2. The maximum atomic E-state index is 2.51. The van der Waals surface area contributed by atoms with Crippen molar-refractivity contribution >= 4 is 21.8 Å². The number of para-hydroxylation sites is 2. The van der Waals surface area contributed by atoms with Crippen LogP contribution in [0.3, 0.4) is 0 Å². The quantitative estimate of drug-likeness (QED) is 0.148. The van der Waals surface area contributed by atoms with Gasteiger partial charge in [-0.05, 0) is 110 Å². The molecule has 0 fully saturated rings. The summed E-state index contributed by atoms with van der Waals surface area (Å²) >= 11 is 0. The lowest BCUT2D eigenvalue weighted by atomic mass is 9.79. The summed E-state index contributed by atoms with van der Waals surface area (Å²) in [6, 6.07) is 71.9. The fourth-order valence-electron chi connectivity index (χ4n) is 9.25. The molecular weight excluding hydrogens is 663 g/mol. The number of aromatic nitrogens is 1. The van der Waals surface area contributed by atoms with Crippen LogP contribution in [-0.4, -0.2) is 4.57 Å². The Kier molecular flexibility index (Phi) is 8.11. The van der Waals surface area contributed by atoms with Crippen molar-refractivity contribution < 1.29 is 0 Å². The minimum Gasteiger partial charge on any atom is -0.309 e. The molecule has 1 aliphatic carbocycles. The molecule has 1 heteroatoms. The number of rotatable bonds is 8. The van der Waals surface area contributed by atoms with Gasteiger partial charge in [0.15, 0.2) is 0 Å². The summed E-state index contributed by atoms with van der Waals surface area (Å²) in [5.74, 6) is 0.306. The average Bonchev–Trinajstić information content (AvgIpc) is 3.69. The van der Waals surface area contributed by atoms with Crippen LogP contribution in [0.25, 0.3) is 60.9 Å². The molecule has 264 valence electrons. The van der Waals surface area contributed by atoms with Crippen molar-refractivity contribution in [2.75, 3.05) is 0 Å². The summed E-state index contributed by atoms with van der Waals surface area (Å²) in [6.45, 7) is 4.75. The SMILES string of the molecule is CC1(C)c2ccccc2-c2ccc(C(CCc3cccc(-c4cccc(-c5ccc6c(c5)c5ccccc5n6-c5ccccc5)c4)c3)c3ccccc3)cc21. The molecule has 10 rings (SSSR count). The monoisotopic (exact) mass is 705 g/mol. The van der Waals surface area contributed by atoms with Gasteiger partial charge in [-0.15, -0.1) is 0 Å². The Morgan fingerprint density at radius 1 is 0.436 bits per heavy atom. The van der Waals surface area contributed by atoms with E-state index in [4.69, 9.17) is 0 Å². The largest absolute Gasteiger partial charge is 0.309 e. The van der Waals surface area contributed by atoms with E-state index in [0.717, 1.165) is 12.8 Å². The fraction of sp³-hybridized carbons (Fsp3) is 0.111. The van der Waals surface area contributed by atoms with Crippen molar-refractivity contribution in [2.24, 2.45) is 0 Å². The van der Waals surface area contributed by atoms with Crippen LogP contribution in [0.1, 0.15) is 54.0 Å². The lowest BCUT2D eigenvalue weighted by Gasteiger charge is -2.24. The van der Waals surface area contributed by atoms with E-state index in [1.54, 1.807) is 0 Å². The van der Waals surface area contributed by atoms with Crippen molar-refractivity contribution in [2.45, 2.75) is 38.0 Å². The number of hydrogen-bond acceptors (Lipinski definition) is 0. The molecule has 0 amide bonds. The topological polar surface area (TPSA) is 4.93 Å². The molecule has 1 aliphatic rings. The Balaban J connectivity index is 0.952. The minimum atomic E-state index is -0.0150. The van der Waals surface area contributed by atoms with Gasteiger partial charge in [0.1, 0.15) is 0 Å². The third kappa shape index (κ3) is 5.79. The fourth-order valence-corrected chi connectivity index (χ4v) is 9.25. The lowest BCUT2D eigenvalue weighted by molar-refractivity contribution is 0.654. The minimum absolute atomic E-state index is 0.0150. The van der Waals surface area contributed by atoms with Gasteiger partial charge in [0.2, 0.25) is 0 Å². The Hall–Kier alpha value is -6.44. The first-order valence-electron chi connectivity index (χ1n) is 19.6. The zero-order chi connectivity index (χ0) is 36.9. The molecular formula is C54H43N. The third-order valence-electron chi connectivity index (χ3n) is 12.1. The zero-order valence-corrected chi connectivity index (χ0v) is 31.4. The summed E-state index contributed by atoms with van der Waals surface area (Å²) < 4.78 is 2.38. The molecule has 9 aromatic rings. The predicted molar refractivity (Wildman–Crippen MR) is 232 cm³/mol. The molecule has 0 aliphatic heterocycles. The Bertz CT molecular complexity index is 2840. The normalized spacial score (nSPS) is 13.5. The third-order valence-corrected chi connectivity index (χ3v) is 12.1. The van der Waals surface area contributed by atoms with E-state index in [-0.39, 0.29) is 5.41 Å². The molecule has 1 aromatic heterocycles. The van der Waals surface area contributed by atoms with Crippen LogP contribution in [0.15, 0.2) is 194 Å². The number of nitrogens with zero attached hydrogens (tertiary/aromatic N) is 1. The highest BCUT2D eigenvalue weighted by atomic mass is 15.0. The molecule has 1 nitrogen and oxygen atoms in total. The predicted octanol–water partition coefficient (Wildman–Crippen LogP) is 14.2. The van der Waals surface area contributed by atoms with Crippen LogP contribution in [0.4, 0.5) is 0 Å². The molecule has 1 unspecified atom stereocenters. The number of fused-ring (bicyclic) bond motifs is 6. The molecule has 0 spiro atoms. The zero-order valence-electron chi connectivity index (χ0n) is 31.4. The molecule has 0 saturated carbocycles. The van der Waals surface area contributed by atoms with Gasteiger partial charge in [-0.1, -0.05) is 172 Å². The Morgan fingerprint density at radius 3 is 1.89 bits per heavy atom. The summed E-state index contributed by atoms with van der Waals surface area (Å²) in [5, 5.41) is 2.54. The van der Waals surface area contributed by atoms with Crippen LogP contribution in [-0.2, 0) is 11.8 Å². The number of hydrogen-bond donors (Lipinski definition) is 0. The van der Waals surface area contributed by atoms with E-state index < -0.39 is 0 Å². The lowest BCUT2D eigenvalue weighted by Crippen LogP contribution is -2.15. The summed E-state index contributed by atoms with van der Waals surface area (Å²) in [4.78, 5) is 0. The average molecular weight is 706 g/mol. The van der Waals surface area contributed by atoms with E-state index in [1.165, 1.54) is 88.7 Å². The van der Waals surface area contributed by atoms with E-state index in [2.05, 4.69) is 213 Å².